The first-order chi connectivity index (χ1) is 45.8. The molecule has 0 saturated carbocycles. The highest BCUT2D eigenvalue weighted by molar-refractivity contribution is 7.17. The first-order valence-corrected chi connectivity index (χ1v) is 33.4. The van der Waals surface area contributed by atoms with Gasteiger partial charge in [-0.15, -0.1) is 0 Å². The molecule has 1 aliphatic carbocycles. The zero-order chi connectivity index (χ0) is 68.5. The number of anilines is 2. The molecule has 0 radical (unpaired) electrons. The fraction of sp³-hybridized carbons (Fsp3) is 0.465. The fourth-order valence-electron chi connectivity index (χ4n) is 13.7. The van der Waals surface area contributed by atoms with Crippen LogP contribution in [0.15, 0.2) is 121 Å². The molecule has 2 N–H and O–H groups in total. The molecule has 3 fully saturated rings. The molecule has 96 heavy (non-hydrogen) atoms. The van der Waals surface area contributed by atoms with Crippen molar-refractivity contribution in [1.82, 2.24) is 34.4 Å². The van der Waals surface area contributed by atoms with Crippen LogP contribution in [0, 0.1) is 12.7 Å². The minimum absolute atomic E-state index is 0.0319. The summed E-state index contributed by atoms with van der Waals surface area (Å²) < 4.78 is 110. The molecule has 25 heteroatoms. The number of likely N-dealkylation sites (tertiary alicyclic amines) is 2. The standard InChI is InChI=1S/C71H82F7N9O8S/c1-48-63(96-66(80-48)79-31-14-6-9-21-61(88)81(2)39-40-84-32-26-56(27-33-84)87(67(92)93)59-20-13-11-18-57(59)49-15-7-5-8-16-49)65(91)83(4)38-37-82(3)62(89)45-94-60-43-50-17-10-12-19-58(50)68(60)28-34-85(35-29-68)36-30-69(52-22-24-55(72)25-23-52)46-86(47-95-69)64(90)51-41-53(70(73,74)75)44-54(42-51)71(76,77)78/h5,7-8,10-13,15-20,22-25,41-42,44,56,60H,6,9,14,21,26-40,43,45-47H2,1-4H3,(H,79,80)(H,92,93)/t60-,69-/m0/s1. The van der Waals surface area contributed by atoms with Crippen molar-refractivity contribution >= 4 is 51.9 Å². The van der Waals surface area contributed by atoms with Crippen molar-refractivity contribution in [2.75, 3.05) is 117 Å². The van der Waals surface area contributed by atoms with Gasteiger partial charge < -0.3 is 49.3 Å². The van der Waals surface area contributed by atoms with Crippen molar-refractivity contribution < 1.29 is 69.3 Å². The molecule has 5 amide bonds. The highest BCUT2D eigenvalue weighted by Crippen LogP contribution is 2.49. The van der Waals surface area contributed by atoms with E-state index < -0.39 is 64.6 Å². The molecule has 4 aliphatic rings. The van der Waals surface area contributed by atoms with Crippen LogP contribution in [0.4, 0.5) is 46.3 Å². The molecular weight excluding hydrogens is 1270 g/mol. The van der Waals surface area contributed by atoms with Gasteiger partial charge in [0.25, 0.3) is 11.8 Å². The van der Waals surface area contributed by atoms with Gasteiger partial charge in [-0.2, -0.15) is 26.3 Å². The van der Waals surface area contributed by atoms with Crippen LogP contribution < -0.4 is 10.2 Å². The van der Waals surface area contributed by atoms with E-state index in [-0.39, 0.29) is 68.6 Å². The van der Waals surface area contributed by atoms with Crippen LogP contribution in [0.2, 0.25) is 0 Å². The molecular formula is C71H82F7N9O8S. The lowest BCUT2D eigenvalue weighted by atomic mass is 9.72. The number of fused-ring (bicyclic) bond motifs is 2. The first kappa shape index (κ1) is 70.8. The minimum atomic E-state index is -5.15. The van der Waals surface area contributed by atoms with Crippen LogP contribution in [0.5, 0.6) is 0 Å². The third kappa shape index (κ3) is 16.7. The number of aromatic nitrogens is 1. The summed E-state index contributed by atoms with van der Waals surface area (Å²) in [5.41, 5.74) is 0.144. The number of carbonyl (C=O) groups is 5. The highest BCUT2D eigenvalue weighted by Gasteiger charge is 2.50. The monoisotopic (exact) mass is 1350 g/mol. The molecule has 2 atom stereocenters. The van der Waals surface area contributed by atoms with Crippen LogP contribution in [0.25, 0.3) is 11.1 Å². The number of carbonyl (C=O) groups excluding carboxylic acids is 4. The summed E-state index contributed by atoms with van der Waals surface area (Å²) >= 11 is 1.27. The molecule has 6 aromatic rings. The van der Waals surface area contributed by atoms with Crippen molar-refractivity contribution in [1.29, 1.82) is 0 Å². The third-order valence-electron chi connectivity index (χ3n) is 19.4. The molecule has 514 valence electrons. The maximum atomic E-state index is 14.3. The molecule has 10 rings (SSSR count). The van der Waals surface area contributed by atoms with Crippen LogP contribution in [0.3, 0.4) is 0 Å². The summed E-state index contributed by atoms with van der Waals surface area (Å²) in [5, 5.41) is 14.3. The average molecular weight is 1350 g/mol. The van der Waals surface area contributed by atoms with Crippen LogP contribution in [-0.4, -0.2) is 188 Å². The molecule has 3 saturated heterocycles. The second-order valence-electron chi connectivity index (χ2n) is 25.6. The molecule has 0 bridgehead atoms. The average Bonchev–Trinajstić information content (AvgIpc) is 1.59. The Morgan fingerprint density at radius 3 is 2.06 bits per heavy atom. The van der Waals surface area contributed by atoms with Crippen LogP contribution in [0.1, 0.15) is 111 Å². The van der Waals surface area contributed by atoms with E-state index in [2.05, 4.69) is 32.2 Å². The minimum Gasteiger partial charge on any atom is -0.465 e. The maximum absolute atomic E-state index is 14.3. The number of hydrogen-bond donors (Lipinski definition) is 2. The number of unbranched alkanes of at least 4 members (excludes halogenated alkanes) is 2. The highest BCUT2D eigenvalue weighted by atomic mass is 32.1. The second kappa shape index (κ2) is 30.6. The largest absolute Gasteiger partial charge is 0.465 e. The normalized spacial score (nSPS) is 18.3. The van der Waals surface area contributed by atoms with Gasteiger partial charge in [-0.3, -0.25) is 24.1 Å². The number of benzene rings is 5. The molecule has 5 aromatic carbocycles. The molecule has 3 aliphatic heterocycles. The molecule has 1 spiro atoms. The van der Waals surface area contributed by atoms with Gasteiger partial charge in [0.05, 0.1) is 35.2 Å². The number of ether oxygens (including phenoxy) is 2. The molecule has 4 heterocycles. The summed E-state index contributed by atoms with van der Waals surface area (Å²) in [5.74, 6) is -2.01. The van der Waals surface area contributed by atoms with Crippen molar-refractivity contribution in [2.24, 2.45) is 0 Å². The van der Waals surface area contributed by atoms with Gasteiger partial charge in [-0.05, 0) is 130 Å². The number of piperidine rings is 2. The number of carboxylic acid groups (broad SMARTS) is 1. The third-order valence-corrected chi connectivity index (χ3v) is 20.5. The molecule has 0 unspecified atom stereocenters. The quantitative estimate of drug-likeness (QED) is 0.0411. The number of thiazole rings is 1. The Balaban J connectivity index is 0.636. The van der Waals surface area contributed by atoms with Gasteiger partial charge >= 0.3 is 18.4 Å². The second-order valence-corrected chi connectivity index (χ2v) is 26.6. The number of alkyl halides is 6. The van der Waals surface area contributed by atoms with E-state index in [0.29, 0.717) is 117 Å². The Bertz CT molecular complexity index is 3660. The lowest BCUT2D eigenvalue weighted by molar-refractivity contribution is -0.143. The smallest absolute Gasteiger partial charge is 0.416 e. The van der Waals surface area contributed by atoms with E-state index in [4.69, 9.17) is 9.47 Å². The predicted molar refractivity (Wildman–Crippen MR) is 351 cm³/mol. The van der Waals surface area contributed by atoms with Crippen molar-refractivity contribution in [2.45, 2.75) is 107 Å². The van der Waals surface area contributed by atoms with E-state index in [1.807, 2.05) is 73.8 Å². The first-order valence-electron chi connectivity index (χ1n) is 32.6. The number of nitrogens with one attached hydrogen (secondary N) is 1. The Morgan fingerprint density at radius 2 is 1.38 bits per heavy atom. The van der Waals surface area contributed by atoms with E-state index in [1.54, 1.807) is 35.7 Å². The Morgan fingerprint density at radius 1 is 0.740 bits per heavy atom. The lowest BCUT2D eigenvalue weighted by Gasteiger charge is -2.44. The Kier molecular flexibility index (Phi) is 22.6. The number of halogens is 7. The maximum Gasteiger partial charge on any atom is 0.416 e. The summed E-state index contributed by atoms with van der Waals surface area (Å²) in [6, 6.07) is 31.6. The van der Waals surface area contributed by atoms with Gasteiger partial charge in [0, 0.05) is 103 Å². The van der Waals surface area contributed by atoms with Crippen LogP contribution >= 0.6 is 11.3 Å². The summed E-state index contributed by atoms with van der Waals surface area (Å²) in [7, 11) is 5.18. The van der Waals surface area contributed by atoms with E-state index in [0.717, 1.165) is 59.5 Å². The van der Waals surface area contributed by atoms with E-state index in [1.165, 1.54) is 40.5 Å². The topological polar surface area (TPSA) is 172 Å². The Labute approximate surface area is 558 Å². The number of hydrogen-bond acceptors (Lipinski definition) is 12. The number of rotatable bonds is 25. The van der Waals surface area contributed by atoms with Crippen molar-refractivity contribution in [3.05, 3.63) is 171 Å². The SMILES string of the molecule is Cc1nc(NCCCCCC(=O)N(C)CCN2CCC(N(C(=O)O)c3ccccc3-c3ccccc3)CC2)sc1C(=O)N(C)CCN(C)C(=O)CO[C@H]1Cc2ccccc2C12CCN(CC[C@@]1(c3ccc(F)cc3)CN(C(=O)c3cc(C(F)(F)F)cc(C(F)(F)F)c3)CO1)CC2. The summed E-state index contributed by atoms with van der Waals surface area (Å²) in [6.07, 6.45) is -5.31. The van der Waals surface area contributed by atoms with Gasteiger partial charge in [0.15, 0.2) is 5.13 Å². The Hall–Kier alpha value is -7.97. The molecule has 17 nitrogen and oxygen atoms in total. The number of amides is 5. The molecule has 1 aromatic heterocycles. The summed E-state index contributed by atoms with van der Waals surface area (Å²) in [4.78, 5) is 84.1. The van der Waals surface area contributed by atoms with Gasteiger partial charge in [0.1, 0.15) is 29.6 Å². The van der Waals surface area contributed by atoms with Gasteiger partial charge in [0.2, 0.25) is 11.8 Å². The van der Waals surface area contributed by atoms with Crippen molar-refractivity contribution in [3.63, 3.8) is 0 Å². The zero-order valence-corrected chi connectivity index (χ0v) is 55.2. The number of likely N-dealkylation sites (N-methyl/N-ethyl adjacent to an activating group) is 3. The summed E-state index contributed by atoms with van der Waals surface area (Å²) in [6.45, 7) is 6.40. The fourth-order valence-corrected chi connectivity index (χ4v) is 14.7. The number of aryl methyl sites for hydroxylation is 1. The van der Waals surface area contributed by atoms with Gasteiger partial charge in [-0.1, -0.05) is 103 Å². The number of para-hydroxylation sites is 1. The number of nitrogens with zero attached hydrogens (tertiary/aromatic N) is 8. The van der Waals surface area contributed by atoms with Crippen molar-refractivity contribution in [3.8, 4) is 11.1 Å². The predicted octanol–water partition coefficient (Wildman–Crippen LogP) is 12.3. The van der Waals surface area contributed by atoms with E-state index >= 15 is 0 Å². The van der Waals surface area contributed by atoms with Crippen LogP contribution in [-0.2, 0) is 48.9 Å². The zero-order valence-electron chi connectivity index (χ0n) is 54.4. The van der Waals surface area contributed by atoms with E-state index in [9.17, 15) is 59.8 Å². The lowest BCUT2D eigenvalue weighted by Crippen LogP contribution is -2.50. The van der Waals surface area contributed by atoms with Gasteiger partial charge in [-0.25, -0.2) is 14.2 Å².